The third-order valence-electron chi connectivity index (χ3n) is 3.58. The first-order valence-electron chi connectivity index (χ1n) is 8.46. The van der Waals surface area contributed by atoms with Crippen molar-refractivity contribution < 1.29 is 43.7 Å². The molecular formula is C16H25N3O9. The van der Waals surface area contributed by atoms with Crippen molar-refractivity contribution in [1.29, 1.82) is 0 Å². The maximum Gasteiger partial charge on any atom is 0.329 e. The number of aliphatic carboxylic acids is 1. The van der Waals surface area contributed by atoms with Gasteiger partial charge in [0.05, 0.1) is 12.6 Å². The van der Waals surface area contributed by atoms with Crippen LogP contribution in [0.4, 0.5) is 0 Å². The lowest BCUT2D eigenvalue weighted by Crippen LogP contribution is -2.50. The molecule has 12 nitrogen and oxygen atoms in total. The van der Waals surface area contributed by atoms with Gasteiger partial charge in [-0.3, -0.25) is 19.2 Å². The zero-order chi connectivity index (χ0) is 21.9. The van der Waals surface area contributed by atoms with Gasteiger partial charge in [-0.25, -0.2) is 4.79 Å². The van der Waals surface area contributed by atoms with Crippen LogP contribution in [-0.2, 0) is 33.5 Å². The van der Waals surface area contributed by atoms with Crippen molar-refractivity contribution in [2.45, 2.75) is 57.3 Å². The van der Waals surface area contributed by atoms with Crippen LogP contribution in [0, 0.1) is 0 Å². The highest BCUT2D eigenvalue weighted by molar-refractivity contribution is 6.38. The van der Waals surface area contributed by atoms with Gasteiger partial charge in [-0.05, 0) is 19.8 Å². The number of nitrogens with two attached hydrogens (primary N) is 1. The van der Waals surface area contributed by atoms with E-state index in [0.717, 1.165) is 0 Å². The number of ether oxygens (including phenoxy) is 1. The molecular weight excluding hydrogens is 378 g/mol. The number of esters is 1. The van der Waals surface area contributed by atoms with Gasteiger partial charge >= 0.3 is 11.9 Å². The van der Waals surface area contributed by atoms with Gasteiger partial charge < -0.3 is 36.1 Å². The number of hydrogen-bond acceptors (Lipinski definition) is 9. The zero-order valence-corrected chi connectivity index (χ0v) is 15.5. The third-order valence-corrected chi connectivity index (χ3v) is 3.58. The quantitative estimate of drug-likeness (QED) is 0.122. The van der Waals surface area contributed by atoms with Crippen molar-refractivity contribution in [3.63, 3.8) is 0 Å². The smallest absolute Gasteiger partial charge is 0.329 e. The van der Waals surface area contributed by atoms with E-state index >= 15 is 0 Å². The lowest BCUT2D eigenvalue weighted by molar-refractivity contribution is -0.158. The number of aliphatic hydroxyl groups excluding tert-OH is 1. The summed E-state index contributed by atoms with van der Waals surface area (Å²) in [6.07, 6.45) is -1.64. The number of rotatable bonds is 13. The van der Waals surface area contributed by atoms with E-state index in [1.54, 1.807) is 0 Å². The van der Waals surface area contributed by atoms with E-state index in [2.05, 4.69) is 10.6 Å². The number of aliphatic hydroxyl groups is 1. The molecule has 28 heavy (non-hydrogen) atoms. The molecule has 4 atom stereocenters. The highest BCUT2D eigenvalue weighted by Crippen LogP contribution is 2.02. The van der Waals surface area contributed by atoms with Gasteiger partial charge in [-0.1, -0.05) is 6.92 Å². The minimum atomic E-state index is -1.34. The van der Waals surface area contributed by atoms with E-state index in [0.29, 0.717) is 6.29 Å². The normalized spacial score (nSPS) is 14.7. The van der Waals surface area contributed by atoms with Gasteiger partial charge in [0.1, 0.15) is 18.4 Å². The SMILES string of the molecule is CC[C@H](NC(=O)C(=O)[C@@H](N)CCC(=O)O)C(=O)OC(C)C(=O)N[C@H](C=O)CO. The second kappa shape index (κ2) is 12.5. The van der Waals surface area contributed by atoms with Crippen molar-refractivity contribution in [1.82, 2.24) is 10.6 Å². The Bertz CT molecular complexity index is 608. The lowest BCUT2D eigenvalue weighted by Gasteiger charge is -2.20. The topological polar surface area (TPSA) is 202 Å². The van der Waals surface area contributed by atoms with Gasteiger partial charge in [0.15, 0.2) is 6.10 Å². The zero-order valence-electron chi connectivity index (χ0n) is 15.5. The Labute approximate surface area is 160 Å². The number of Topliss-reactive ketones (excluding diaryl/α,β-unsaturated/α-hetero) is 1. The second-order valence-electron chi connectivity index (χ2n) is 5.85. The summed E-state index contributed by atoms with van der Waals surface area (Å²) < 4.78 is 4.89. The van der Waals surface area contributed by atoms with Crippen LogP contribution in [0.3, 0.4) is 0 Å². The molecule has 0 fully saturated rings. The molecule has 0 aromatic carbocycles. The van der Waals surface area contributed by atoms with Gasteiger partial charge in [0.25, 0.3) is 11.8 Å². The summed E-state index contributed by atoms with van der Waals surface area (Å²) in [4.78, 5) is 68.7. The number of carboxylic acid groups (broad SMARTS) is 1. The van der Waals surface area contributed by atoms with E-state index in [4.69, 9.17) is 20.7 Å². The highest BCUT2D eigenvalue weighted by atomic mass is 16.5. The van der Waals surface area contributed by atoms with Crippen LogP contribution in [0.1, 0.15) is 33.1 Å². The van der Waals surface area contributed by atoms with E-state index in [1.165, 1.54) is 13.8 Å². The van der Waals surface area contributed by atoms with Gasteiger partial charge in [0.2, 0.25) is 5.78 Å². The number of aldehydes is 1. The first-order valence-corrected chi connectivity index (χ1v) is 8.46. The fraction of sp³-hybridized carbons (Fsp3) is 0.625. The molecule has 0 saturated carbocycles. The van der Waals surface area contributed by atoms with Gasteiger partial charge in [-0.2, -0.15) is 0 Å². The molecule has 12 heteroatoms. The van der Waals surface area contributed by atoms with E-state index in [-0.39, 0.29) is 12.8 Å². The van der Waals surface area contributed by atoms with Crippen LogP contribution in [-0.4, -0.2) is 76.9 Å². The molecule has 0 aliphatic heterocycles. The minimum Gasteiger partial charge on any atom is -0.481 e. The fourth-order valence-electron chi connectivity index (χ4n) is 1.87. The van der Waals surface area contributed by atoms with Crippen molar-refractivity contribution in [2.75, 3.05) is 6.61 Å². The third kappa shape index (κ3) is 8.68. The summed E-state index contributed by atoms with van der Waals surface area (Å²) in [6.45, 7) is 2.10. The summed E-state index contributed by atoms with van der Waals surface area (Å²) in [5, 5.41) is 21.7. The molecule has 0 aromatic heterocycles. The van der Waals surface area contributed by atoms with Crippen LogP contribution in [0.25, 0.3) is 0 Å². The first kappa shape index (κ1) is 25.1. The van der Waals surface area contributed by atoms with Crippen molar-refractivity contribution in [3.8, 4) is 0 Å². The van der Waals surface area contributed by atoms with Crippen LogP contribution in [0.2, 0.25) is 0 Å². The highest BCUT2D eigenvalue weighted by Gasteiger charge is 2.29. The van der Waals surface area contributed by atoms with Crippen LogP contribution >= 0.6 is 0 Å². The Hall–Kier alpha value is -2.86. The minimum absolute atomic E-state index is 0.0319. The van der Waals surface area contributed by atoms with Gasteiger partial charge in [0, 0.05) is 6.42 Å². The molecule has 0 spiro atoms. The molecule has 0 aliphatic carbocycles. The standard InChI is InChI=1S/C16H25N3O9/c1-3-11(19-15(26)13(24)10(17)4-5-12(22)23)16(27)28-8(2)14(25)18-9(6-20)7-21/h6,8-11,21H,3-5,7,17H2,1-2H3,(H,18,25)(H,19,26)(H,22,23)/t8?,9-,10+,11+/m1/s1. The molecule has 6 N–H and O–H groups in total. The van der Waals surface area contributed by atoms with Crippen molar-refractivity contribution in [3.05, 3.63) is 0 Å². The number of nitrogens with one attached hydrogen (secondary N) is 2. The molecule has 158 valence electrons. The number of carbonyl (C=O) groups is 6. The number of ketones is 1. The summed E-state index contributed by atoms with van der Waals surface area (Å²) >= 11 is 0. The Morgan fingerprint density at radius 3 is 2.25 bits per heavy atom. The molecule has 0 aliphatic rings. The predicted molar refractivity (Wildman–Crippen MR) is 92.7 cm³/mol. The average molecular weight is 403 g/mol. The largest absolute Gasteiger partial charge is 0.481 e. The Morgan fingerprint density at radius 2 is 1.79 bits per heavy atom. The molecule has 0 heterocycles. The second-order valence-corrected chi connectivity index (χ2v) is 5.85. The van der Waals surface area contributed by atoms with Crippen molar-refractivity contribution in [2.24, 2.45) is 5.73 Å². The molecule has 0 saturated heterocycles. The average Bonchev–Trinajstić information content (AvgIpc) is 2.66. The molecule has 0 bridgehead atoms. The molecule has 1 unspecified atom stereocenters. The molecule has 0 rings (SSSR count). The summed E-state index contributed by atoms with van der Waals surface area (Å²) in [5.74, 6) is -5.29. The number of hydrogen-bond donors (Lipinski definition) is 5. The molecule has 2 amide bonds. The summed E-state index contributed by atoms with van der Waals surface area (Å²) in [7, 11) is 0. The predicted octanol–water partition coefficient (Wildman–Crippen LogP) is -2.75. The van der Waals surface area contributed by atoms with Crippen LogP contribution in [0.5, 0.6) is 0 Å². The molecule has 0 radical (unpaired) electrons. The van der Waals surface area contributed by atoms with E-state index in [9.17, 15) is 28.8 Å². The van der Waals surface area contributed by atoms with E-state index in [1.807, 2.05) is 0 Å². The first-order chi connectivity index (χ1) is 13.1. The number of carbonyl (C=O) groups excluding carboxylic acids is 5. The Balaban J connectivity index is 4.75. The molecule has 0 aromatic rings. The summed E-state index contributed by atoms with van der Waals surface area (Å²) in [6, 6.07) is -3.74. The maximum absolute atomic E-state index is 12.1. The number of carboxylic acids is 1. The van der Waals surface area contributed by atoms with E-state index < -0.39 is 66.8 Å². The monoisotopic (exact) mass is 403 g/mol. The van der Waals surface area contributed by atoms with Crippen LogP contribution in [0.15, 0.2) is 0 Å². The number of amides is 2. The Morgan fingerprint density at radius 1 is 1.18 bits per heavy atom. The van der Waals surface area contributed by atoms with Crippen molar-refractivity contribution >= 4 is 35.8 Å². The fourth-order valence-corrected chi connectivity index (χ4v) is 1.87. The Kier molecular flexibility index (Phi) is 11.2. The summed E-state index contributed by atoms with van der Waals surface area (Å²) in [5.41, 5.74) is 5.46. The lowest BCUT2D eigenvalue weighted by atomic mass is 10.1. The van der Waals surface area contributed by atoms with Gasteiger partial charge in [-0.15, -0.1) is 0 Å². The maximum atomic E-state index is 12.1. The van der Waals surface area contributed by atoms with Crippen LogP contribution < -0.4 is 16.4 Å².